The number of benzene rings is 1. The smallest absolute Gasteiger partial charge is 0.253 e. The lowest BCUT2D eigenvalue weighted by Gasteiger charge is -2.19. The number of rotatable bonds is 7. The Labute approximate surface area is 157 Å². The Bertz CT molecular complexity index is 494. The topological polar surface area (TPSA) is 61.9 Å². The molecule has 5 nitrogen and oxygen atoms in total. The molecule has 0 fully saturated rings. The molecule has 0 radical (unpaired) electrons. The van der Waals surface area contributed by atoms with Gasteiger partial charge in [0.2, 0.25) is 0 Å². The van der Waals surface area contributed by atoms with Gasteiger partial charge in [0.25, 0.3) is 5.91 Å². The first-order valence-corrected chi connectivity index (χ1v) is 8.00. The summed E-state index contributed by atoms with van der Waals surface area (Å²) in [6.45, 7) is 11.8. The lowest BCUT2D eigenvalue weighted by atomic mass is 10.1. The predicted molar refractivity (Wildman–Crippen MR) is 107 cm³/mol. The molecule has 1 aromatic rings. The van der Waals surface area contributed by atoms with Gasteiger partial charge in [-0.25, -0.2) is 4.99 Å². The largest absolute Gasteiger partial charge is 0.370 e. The zero-order valence-corrected chi connectivity index (χ0v) is 16.9. The molecule has 1 rings (SSSR count). The van der Waals surface area contributed by atoms with Crippen LogP contribution in [0.2, 0.25) is 0 Å². The van der Waals surface area contributed by atoms with E-state index in [1.165, 1.54) is 0 Å². The van der Waals surface area contributed by atoms with Gasteiger partial charge in [0.1, 0.15) is 0 Å². The Kier molecular flexibility index (Phi) is 10.6. The van der Waals surface area contributed by atoms with Crippen LogP contribution < -0.4 is 5.73 Å². The van der Waals surface area contributed by atoms with Crippen molar-refractivity contribution in [3.63, 3.8) is 0 Å². The van der Waals surface area contributed by atoms with Gasteiger partial charge in [-0.15, -0.1) is 24.0 Å². The van der Waals surface area contributed by atoms with Gasteiger partial charge in [-0.1, -0.05) is 12.1 Å². The highest BCUT2D eigenvalue weighted by Crippen LogP contribution is 2.09. The van der Waals surface area contributed by atoms with Crippen molar-refractivity contribution in [3.8, 4) is 0 Å². The van der Waals surface area contributed by atoms with Crippen molar-refractivity contribution < 1.29 is 4.79 Å². The van der Waals surface area contributed by atoms with Crippen LogP contribution in [0, 0.1) is 0 Å². The van der Waals surface area contributed by atoms with E-state index in [-0.39, 0.29) is 29.9 Å². The second kappa shape index (κ2) is 11.3. The van der Waals surface area contributed by atoms with Gasteiger partial charge in [0.05, 0.1) is 6.54 Å². The molecule has 2 N–H and O–H groups in total. The zero-order chi connectivity index (χ0) is 16.5. The first-order chi connectivity index (χ1) is 10.6. The van der Waals surface area contributed by atoms with E-state index in [1.807, 2.05) is 47.9 Å². The van der Waals surface area contributed by atoms with Crippen LogP contribution in [-0.4, -0.2) is 47.8 Å². The summed E-state index contributed by atoms with van der Waals surface area (Å²) >= 11 is 0. The van der Waals surface area contributed by atoms with E-state index in [9.17, 15) is 4.79 Å². The summed E-state index contributed by atoms with van der Waals surface area (Å²) in [7, 11) is 0. The van der Waals surface area contributed by atoms with Crippen LogP contribution in [-0.2, 0) is 6.54 Å². The zero-order valence-electron chi connectivity index (χ0n) is 14.6. The molecule has 0 aliphatic rings. The minimum atomic E-state index is 0. The summed E-state index contributed by atoms with van der Waals surface area (Å²) in [5.74, 6) is 0.635. The molecule has 23 heavy (non-hydrogen) atoms. The normalized spacial score (nSPS) is 10.9. The van der Waals surface area contributed by atoms with Crippen LogP contribution in [0.1, 0.15) is 43.6 Å². The van der Waals surface area contributed by atoms with Crippen molar-refractivity contribution in [2.45, 2.75) is 34.2 Å². The summed E-state index contributed by atoms with van der Waals surface area (Å²) in [5, 5.41) is 0. The number of nitrogens with two attached hydrogens (primary N) is 1. The molecule has 1 aromatic carbocycles. The average molecular weight is 432 g/mol. The first kappa shape index (κ1) is 21.7. The maximum atomic E-state index is 12.2. The van der Waals surface area contributed by atoms with Crippen molar-refractivity contribution in [3.05, 3.63) is 35.4 Å². The number of amides is 1. The quantitative estimate of drug-likeness (QED) is 0.410. The van der Waals surface area contributed by atoms with Crippen LogP contribution in [0.3, 0.4) is 0 Å². The highest BCUT2D eigenvalue weighted by Gasteiger charge is 2.11. The van der Waals surface area contributed by atoms with E-state index in [0.29, 0.717) is 18.1 Å². The number of nitrogens with zero attached hydrogens (tertiary/aromatic N) is 3. The van der Waals surface area contributed by atoms with E-state index in [2.05, 4.69) is 18.8 Å². The minimum absolute atomic E-state index is 0. The number of carbonyl (C=O) groups is 1. The molecular formula is C17H29IN4O. The van der Waals surface area contributed by atoms with Crippen molar-refractivity contribution in [1.29, 1.82) is 0 Å². The number of aliphatic imine (C=N–C) groups is 1. The molecule has 1 amide bonds. The molecule has 0 saturated carbocycles. The standard InChI is InChI=1S/C17H28N4O.HI/c1-5-20(6-2)16(22)15-11-9-14(10-12-15)13-19-17(18)21(7-3)8-4;/h9-12H,5-8,13H2,1-4H3,(H2,18,19);1H. The molecule has 0 spiro atoms. The maximum Gasteiger partial charge on any atom is 0.253 e. The third-order valence-corrected chi connectivity index (χ3v) is 3.76. The lowest BCUT2D eigenvalue weighted by Crippen LogP contribution is -2.37. The fourth-order valence-corrected chi connectivity index (χ4v) is 2.27. The molecule has 6 heteroatoms. The molecule has 0 heterocycles. The molecule has 0 aliphatic heterocycles. The first-order valence-electron chi connectivity index (χ1n) is 8.00. The third kappa shape index (κ3) is 6.37. The van der Waals surface area contributed by atoms with Gasteiger partial charge < -0.3 is 15.5 Å². The third-order valence-electron chi connectivity index (χ3n) is 3.76. The van der Waals surface area contributed by atoms with Crippen molar-refractivity contribution in [1.82, 2.24) is 9.80 Å². The van der Waals surface area contributed by atoms with Crippen LogP contribution in [0.25, 0.3) is 0 Å². The molecule has 0 bridgehead atoms. The molecule has 130 valence electrons. The van der Waals surface area contributed by atoms with E-state index in [4.69, 9.17) is 5.73 Å². The molecule has 0 atom stereocenters. The molecular weight excluding hydrogens is 403 g/mol. The van der Waals surface area contributed by atoms with Crippen molar-refractivity contribution in [2.75, 3.05) is 26.2 Å². The van der Waals surface area contributed by atoms with Gasteiger partial charge in [0, 0.05) is 31.7 Å². The Balaban J connectivity index is 0.00000484. The molecule has 0 saturated heterocycles. The maximum absolute atomic E-state index is 12.2. The number of halogens is 1. The van der Waals surface area contributed by atoms with Crippen LogP contribution in [0.4, 0.5) is 0 Å². The van der Waals surface area contributed by atoms with Crippen molar-refractivity contribution in [2.24, 2.45) is 10.7 Å². The van der Waals surface area contributed by atoms with E-state index in [0.717, 1.165) is 31.7 Å². The molecule has 0 unspecified atom stereocenters. The number of hydrogen-bond donors (Lipinski definition) is 1. The Morgan fingerprint density at radius 3 is 1.87 bits per heavy atom. The lowest BCUT2D eigenvalue weighted by molar-refractivity contribution is 0.0773. The predicted octanol–water partition coefficient (Wildman–Crippen LogP) is 2.94. The minimum Gasteiger partial charge on any atom is -0.370 e. The van der Waals surface area contributed by atoms with Gasteiger partial charge in [-0.2, -0.15) is 0 Å². The van der Waals surface area contributed by atoms with Crippen LogP contribution >= 0.6 is 24.0 Å². The summed E-state index contributed by atoms with van der Waals surface area (Å²) in [5.41, 5.74) is 7.72. The summed E-state index contributed by atoms with van der Waals surface area (Å²) in [4.78, 5) is 20.4. The average Bonchev–Trinajstić information content (AvgIpc) is 2.55. The van der Waals surface area contributed by atoms with Gasteiger partial charge in [0.15, 0.2) is 5.96 Å². The van der Waals surface area contributed by atoms with Crippen LogP contribution in [0.15, 0.2) is 29.3 Å². The van der Waals surface area contributed by atoms with E-state index >= 15 is 0 Å². The fraction of sp³-hybridized carbons (Fsp3) is 0.529. The van der Waals surface area contributed by atoms with Gasteiger partial charge in [-0.05, 0) is 45.4 Å². The molecule has 0 aromatic heterocycles. The van der Waals surface area contributed by atoms with Crippen molar-refractivity contribution >= 4 is 35.8 Å². The SMILES string of the molecule is CCN(CC)C(=O)c1ccc(CN=C(N)N(CC)CC)cc1.I. The summed E-state index contributed by atoms with van der Waals surface area (Å²) in [6.07, 6.45) is 0. The summed E-state index contributed by atoms with van der Waals surface area (Å²) in [6, 6.07) is 7.60. The highest BCUT2D eigenvalue weighted by atomic mass is 127. The monoisotopic (exact) mass is 432 g/mol. The van der Waals surface area contributed by atoms with Gasteiger partial charge in [-0.3, -0.25) is 4.79 Å². The van der Waals surface area contributed by atoms with Crippen LogP contribution in [0.5, 0.6) is 0 Å². The molecule has 0 aliphatic carbocycles. The van der Waals surface area contributed by atoms with E-state index < -0.39 is 0 Å². The second-order valence-electron chi connectivity index (χ2n) is 5.02. The number of guanidine groups is 1. The second-order valence-corrected chi connectivity index (χ2v) is 5.02. The highest BCUT2D eigenvalue weighted by molar-refractivity contribution is 14.0. The summed E-state index contributed by atoms with van der Waals surface area (Å²) < 4.78 is 0. The Morgan fingerprint density at radius 1 is 0.957 bits per heavy atom. The Hall–Kier alpha value is -1.31. The van der Waals surface area contributed by atoms with Gasteiger partial charge >= 0.3 is 0 Å². The fourth-order valence-electron chi connectivity index (χ4n) is 2.27. The number of hydrogen-bond acceptors (Lipinski definition) is 2. The number of carbonyl (C=O) groups excluding carboxylic acids is 1. The van der Waals surface area contributed by atoms with E-state index in [1.54, 1.807) is 0 Å². The Morgan fingerprint density at radius 2 is 1.43 bits per heavy atom.